The van der Waals surface area contributed by atoms with Crippen LogP contribution in [0.1, 0.15) is 71.8 Å². The van der Waals surface area contributed by atoms with Crippen molar-refractivity contribution in [3.8, 4) is 0 Å². The number of amides is 1. The molecule has 7 nitrogen and oxygen atoms in total. The summed E-state index contributed by atoms with van der Waals surface area (Å²) < 4.78 is 7.47. The van der Waals surface area contributed by atoms with Crippen molar-refractivity contribution in [2.24, 2.45) is 0 Å². The molecule has 4 rings (SSSR count). The highest BCUT2D eigenvalue weighted by atomic mass is 35.5. The number of rotatable bonds is 3. The molecule has 2 atom stereocenters. The van der Waals surface area contributed by atoms with Gasteiger partial charge in [-0.2, -0.15) is 9.61 Å². The molecular formula is C21H30ClN5O2. The van der Waals surface area contributed by atoms with E-state index >= 15 is 0 Å². The Morgan fingerprint density at radius 3 is 2.52 bits per heavy atom. The maximum atomic E-state index is 12.7. The molecule has 0 aromatic carbocycles. The smallest absolute Gasteiger partial charge is 0.410 e. The quantitative estimate of drug-likeness (QED) is 0.720. The number of hydrogen-bond donors (Lipinski definition) is 1. The van der Waals surface area contributed by atoms with Crippen LogP contribution in [0.2, 0.25) is 5.15 Å². The molecular weight excluding hydrogens is 390 g/mol. The lowest BCUT2D eigenvalue weighted by molar-refractivity contribution is 0.00682. The van der Waals surface area contributed by atoms with Crippen molar-refractivity contribution in [3.63, 3.8) is 0 Å². The summed E-state index contributed by atoms with van der Waals surface area (Å²) in [5.74, 6) is 1.17. The van der Waals surface area contributed by atoms with Crippen molar-refractivity contribution in [1.29, 1.82) is 0 Å². The molecule has 0 aliphatic carbocycles. The Bertz CT molecular complexity index is 906. The maximum absolute atomic E-state index is 12.7. The first-order valence-electron chi connectivity index (χ1n) is 10.4. The van der Waals surface area contributed by atoms with Gasteiger partial charge in [-0.15, -0.1) is 0 Å². The summed E-state index contributed by atoms with van der Waals surface area (Å²) in [7, 11) is 0. The third-order valence-electron chi connectivity index (χ3n) is 5.78. The standard InChI is InChI=1S/C21H30ClN5O2/c1-12(2)16-11-23-27-18(10-17(22)25-19(16)27)24-13-8-14-6-7-15(9-13)26(14)20(28)29-21(3,4)5/h10-15,24H,6-9H2,1-5H3. The molecule has 2 unspecified atom stereocenters. The third-order valence-corrected chi connectivity index (χ3v) is 5.97. The van der Waals surface area contributed by atoms with Crippen LogP contribution in [0.4, 0.5) is 10.6 Å². The third kappa shape index (κ3) is 4.02. The summed E-state index contributed by atoms with van der Waals surface area (Å²) in [6, 6.07) is 2.49. The molecule has 29 heavy (non-hydrogen) atoms. The number of carbonyl (C=O) groups is 1. The molecule has 2 aromatic rings. The highest BCUT2D eigenvalue weighted by Crippen LogP contribution is 2.38. The number of halogens is 1. The number of ether oxygens (including phenoxy) is 1. The van der Waals surface area contributed by atoms with E-state index in [9.17, 15) is 4.79 Å². The summed E-state index contributed by atoms with van der Waals surface area (Å²) >= 11 is 6.31. The highest BCUT2D eigenvalue weighted by molar-refractivity contribution is 6.29. The Balaban J connectivity index is 1.52. The van der Waals surface area contributed by atoms with Crippen LogP contribution in [0.3, 0.4) is 0 Å². The molecule has 2 saturated heterocycles. The van der Waals surface area contributed by atoms with Crippen molar-refractivity contribution in [2.75, 3.05) is 5.32 Å². The lowest BCUT2D eigenvalue weighted by Gasteiger charge is -2.39. The summed E-state index contributed by atoms with van der Waals surface area (Å²) in [5.41, 5.74) is 1.40. The largest absolute Gasteiger partial charge is 0.444 e. The van der Waals surface area contributed by atoms with E-state index in [4.69, 9.17) is 16.3 Å². The fraction of sp³-hybridized carbons (Fsp3) is 0.667. The zero-order valence-corrected chi connectivity index (χ0v) is 18.5. The molecule has 2 aliphatic heterocycles. The number of carbonyl (C=O) groups excluding carboxylic acids is 1. The summed E-state index contributed by atoms with van der Waals surface area (Å²) in [4.78, 5) is 19.1. The number of piperidine rings is 1. The molecule has 2 aliphatic rings. The Morgan fingerprint density at radius 1 is 1.28 bits per heavy atom. The van der Waals surface area contributed by atoms with Gasteiger partial charge in [-0.25, -0.2) is 9.78 Å². The Kier molecular flexibility index (Phi) is 5.13. The molecule has 2 aromatic heterocycles. The predicted octanol–water partition coefficient (Wildman–Crippen LogP) is 4.85. The van der Waals surface area contributed by atoms with Gasteiger partial charge in [0.25, 0.3) is 0 Å². The van der Waals surface area contributed by atoms with Gasteiger partial charge in [0.15, 0.2) is 5.65 Å². The first-order chi connectivity index (χ1) is 13.6. The van der Waals surface area contributed by atoms with E-state index in [1.807, 2.05) is 42.4 Å². The van der Waals surface area contributed by atoms with Crippen LogP contribution in [0.25, 0.3) is 5.65 Å². The average Bonchev–Trinajstić information content (AvgIpc) is 3.12. The summed E-state index contributed by atoms with van der Waals surface area (Å²) in [6.07, 6.45) is 5.49. The van der Waals surface area contributed by atoms with Gasteiger partial charge in [0.2, 0.25) is 0 Å². The summed E-state index contributed by atoms with van der Waals surface area (Å²) in [6.45, 7) is 9.98. The number of aromatic nitrogens is 3. The monoisotopic (exact) mass is 419 g/mol. The zero-order valence-electron chi connectivity index (χ0n) is 17.8. The second kappa shape index (κ2) is 7.35. The zero-order chi connectivity index (χ0) is 20.9. The second-order valence-corrected chi connectivity index (χ2v) is 9.93. The van der Waals surface area contributed by atoms with E-state index in [0.29, 0.717) is 11.1 Å². The van der Waals surface area contributed by atoms with Gasteiger partial charge in [0.05, 0.1) is 6.20 Å². The van der Waals surface area contributed by atoms with Gasteiger partial charge in [-0.05, 0) is 52.4 Å². The first kappa shape index (κ1) is 20.3. The Morgan fingerprint density at radius 2 is 1.93 bits per heavy atom. The van der Waals surface area contributed by atoms with E-state index in [2.05, 4.69) is 29.2 Å². The molecule has 0 radical (unpaired) electrons. The molecule has 158 valence electrons. The normalized spacial score (nSPS) is 24.4. The van der Waals surface area contributed by atoms with Crippen LogP contribution in [-0.2, 0) is 4.74 Å². The topological polar surface area (TPSA) is 71.8 Å². The van der Waals surface area contributed by atoms with E-state index in [1.165, 1.54) is 0 Å². The minimum atomic E-state index is -0.473. The van der Waals surface area contributed by atoms with Gasteiger partial charge in [-0.3, -0.25) is 0 Å². The molecule has 0 saturated carbocycles. The van der Waals surface area contributed by atoms with Crippen molar-refractivity contribution in [3.05, 3.63) is 23.0 Å². The molecule has 1 amide bonds. The van der Waals surface area contributed by atoms with Gasteiger partial charge in [0, 0.05) is 29.8 Å². The molecule has 8 heteroatoms. The average molecular weight is 420 g/mol. The van der Waals surface area contributed by atoms with Crippen LogP contribution in [0.5, 0.6) is 0 Å². The molecule has 0 spiro atoms. The van der Waals surface area contributed by atoms with Crippen LogP contribution >= 0.6 is 11.6 Å². The molecule has 1 N–H and O–H groups in total. The fourth-order valence-electron chi connectivity index (χ4n) is 4.58. The Hall–Kier alpha value is -2.02. The molecule has 4 heterocycles. The van der Waals surface area contributed by atoms with Gasteiger partial charge in [0.1, 0.15) is 16.6 Å². The Labute approximate surface area is 176 Å². The first-order valence-corrected chi connectivity index (χ1v) is 10.8. The number of nitrogens with one attached hydrogen (secondary N) is 1. The minimum Gasteiger partial charge on any atom is -0.444 e. The van der Waals surface area contributed by atoms with Crippen molar-refractivity contribution < 1.29 is 9.53 Å². The minimum absolute atomic E-state index is 0.188. The van der Waals surface area contributed by atoms with Crippen molar-refractivity contribution in [1.82, 2.24) is 19.5 Å². The van der Waals surface area contributed by atoms with Gasteiger partial charge < -0.3 is 15.0 Å². The number of nitrogens with zero attached hydrogens (tertiary/aromatic N) is 4. The van der Waals surface area contributed by atoms with E-state index in [-0.39, 0.29) is 24.2 Å². The SMILES string of the molecule is CC(C)c1cnn2c(NC3CC4CCC(C3)N4C(=O)OC(C)(C)C)cc(Cl)nc12. The van der Waals surface area contributed by atoms with E-state index < -0.39 is 5.60 Å². The number of anilines is 1. The van der Waals surface area contributed by atoms with E-state index in [0.717, 1.165) is 42.7 Å². The highest BCUT2D eigenvalue weighted by Gasteiger charge is 2.45. The van der Waals surface area contributed by atoms with Crippen molar-refractivity contribution in [2.45, 2.75) is 89.9 Å². The predicted molar refractivity (Wildman–Crippen MR) is 114 cm³/mol. The van der Waals surface area contributed by atoms with Crippen LogP contribution < -0.4 is 5.32 Å². The van der Waals surface area contributed by atoms with Crippen molar-refractivity contribution >= 4 is 29.2 Å². The number of fused-ring (bicyclic) bond motifs is 3. The lowest BCUT2D eigenvalue weighted by Crippen LogP contribution is -2.51. The van der Waals surface area contributed by atoms with Crippen LogP contribution in [0, 0.1) is 0 Å². The van der Waals surface area contributed by atoms with Gasteiger partial charge in [-0.1, -0.05) is 25.4 Å². The number of hydrogen-bond acceptors (Lipinski definition) is 5. The van der Waals surface area contributed by atoms with E-state index in [1.54, 1.807) is 0 Å². The second-order valence-electron chi connectivity index (χ2n) is 9.54. The summed E-state index contributed by atoms with van der Waals surface area (Å²) in [5, 5.41) is 8.61. The maximum Gasteiger partial charge on any atom is 0.410 e. The van der Waals surface area contributed by atoms with Gasteiger partial charge >= 0.3 is 6.09 Å². The fourth-order valence-corrected chi connectivity index (χ4v) is 4.76. The lowest BCUT2D eigenvalue weighted by atomic mass is 9.97. The molecule has 2 fully saturated rings. The van der Waals surface area contributed by atoms with Crippen LogP contribution in [0.15, 0.2) is 12.3 Å². The van der Waals surface area contributed by atoms with Crippen LogP contribution in [-0.4, -0.2) is 49.3 Å². The molecule has 2 bridgehead atoms.